The Morgan fingerprint density at radius 3 is 2.80 bits per heavy atom. The second kappa shape index (κ2) is 6.62. The molecule has 0 atom stereocenters. The van der Waals surface area contributed by atoms with Gasteiger partial charge < -0.3 is 4.57 Å². The standard InChI is InChI=1S/C16H11Cl2N7/c17-12-3-4-13(18)11(6-12)9-25-14(15-21-23-24-22-15)8-20-16(25)10-2-1-5-19-7-10/h1-8H,9H2,(H,21,22,23,24). The van der Waals surface area contributed by atoms with Gasteiger partial charge in [-0.15, -0.1) is 10.2 Å². The van der Waals surface area contributed by atoms with E-state index in [0.717, 1.165) is 17.0 Å². The first-order valence-corrected chi connectivity index (χ1v) is 8.11. The lowest BCUT2D eigenvalue weighted by molar-refractivity contribution is 0.808. The van der Waals surface area contributed by atoms with Gasteiger partial charge in [0.05, 0.1) is 12.7 Å². The highest BCUT2D eigenvalue weighted by Gasteiger charge is 2.17. The van der Waals surface area contributed by atoms with E-state index in [0.29, 0.717) is 28.1 Å². The highest BCUT2D eigenvalue weighted by molar-refractivity contribution is 6.33. The number of halogens is 2. The maximum atomic E-state index is 6.33. The SMILES string of the molecule is Clc1ccc(Cl)c(Cn2c(-c3nn[nH]n3)cnc2-c2cccnc2)c1. The molecule has 0 spiro atoms. The van der Waals surface area contributed by atoms with Gasteiger partial charge in [-0.25, -0.2) is 4.98 Å². The van der Waals surface area contributed by atoms with Gasteiger partial charge in [0.2, 0.25) is 5.82 Å². The second-order valence-electron chi connectivity index (χ2n) is 5.27. The molecule has 3 heterocycles. The van der Waals surface area contributed by atoms with Gasteiger partial charge >= 0.3 is 0 Å². The van der Waals surface area contributed by atoms with Crippen molar-refractivity contribution >= 4 is 23.2 Å². The fraction of sp³-hybridized carbons (Fsp3) is 0.0625. The minimum atomic E-state index is 0.445. The van der Waals surface area contributed by atoms with Crippen molar-refractivity contribution < 1.29 is 0 Å². The minimum Gasteiger partial charge on any atom is -0.317 e. The first-order chi connectivity index (χ1) is 12.2. The van der Waals surface area contributed by atoms with Crippen LogP contribution in [0.1, 0.15) is 5.56 Å². The summed E-state index contributed by atoms with van der Waals surface area (Å²) in [4.78, 5) is 8.68. The molecular formula is C16H11Cl2N7. The zero-order valence-electron chi connectivity index (χ0n) is 12.8. The van der Waals surface area contributed by atoms with Crippen LogP contribution in [0, 0.1) is 0 Å². The molecule has 1 aromatic carbocycles. The minimum absolute atomic E-state index is 0.445. The molecule has 7 nitrogen and oxygen atoms in total. The third kappa shape index (κ3) is 3.11. The van der Waals surface area contributed by atoms with Gasteiger partial charge in [-0.1, -0.05) is 23.2 Å². The summed E-state index contributed by atoms with van der Waals surface area (Å²) >= 11 is 12.5. The fourth-order valence-corrected chi connectivity index (χ4v) is 2.92. The second-order valence-corrected chi connectivity index (χ2v) is 6.11. The van der Waals surface area contributed by atoms with Gasteiger partial charge in [0, 0.05) is 28.0 Å². The maximum Gasteiger partial charge on any atom is 0.222 e. The summed E-state index contributed by atoms with van der Waals surface area (Å²) in [6, 6.07) is 9.15. The van der Waals surface area contributed by atoms with Crippen molar-refractivity contribution in [1.29, 1.82) is 0 Å². The number of H-pyrrole nitrogens is 1. The van der Waals surface area contributed by atoms with Crippen molar-refractivity contribution in [2.24, 2.45) is 0 Å². The van der Waals surface area contributed by atoms with E-state index in [9.17, 15) is 0 Å². The van der Waals surface area contributed by atoms with Crippen LogP contribution in [0.5, 0.6) is 0 Å². The molecule has 0 unspecified atom stereocenters. The van der Waals surface area contributed by atoms with Crippen LogP contribution in [-0.2, 0) is 6.54 Å². The molecule has 0 saturated carbocycles. The Kier molecular flexibility index (Phi) is 4.17. The molecule has 1 N–H and O–H groups in total. The molecule has 9 heteroatoms. The van der Waals surface area contributed by atoms with Gasteiger partial charge in [0.1, 0.15) is 11.5 Å². The van der Waals surface area contributed by atoms with E-state index < -0.39 is 0 Å². The zero-order valence-corrected chi connectivity index (χ0v) is 14.3. The summed E-state index contributed by atoms with van der Waals surface area (Å²) in [5.74, 6) is 1.17. The number of aromatic nitrogens is 7. The van der Waals surface area contributed by atoms with Crippen LogP contribution in [0.2, 0.25) is 10.0 Å². The summed E-state index contributed by atoms with van der Waals surface area (Å²) in [5.41, 5.74) is 2.45. The third-order valence-corrected chi connectivity index (χ3v) is 4.29. The number of aromatic amines is 1. The number of nitrogens with one attached hydrogen (secondary N) is 1. The first kappa shape index (κ1) is 15.7. The number of hydrogen-bond donors (Lipinski definition) is 1. The van der Waals surface area contributed by atoms with E-state index in [4.69, 9.17) is 23.2 Å². The predicted octanol–water partition coefficient (Wildman–Crippen LogP) is 3.48. The van der Waals surface area contributed by atoms with Crippen LogP contribution >= 0.6 is 23.2 Å². The van der Waals surface area contributed by atoms with E-state index >= 15 is 0 Å². The van der Waals surface area contributed by atoms with Crippen LogP contribution in [-0.4, -0.2) is 35.2 Å². The Morgan fingerprint density at radius 1 is 1.12 bits per heavy atom. The molecule has 4 aromatic rings. The maximum absolute atomic E-state index is 6.33. The lowest BCUT2D eigenvalue weighted by Gasteiger charge is -2.12. The lowest BCUT2D eigenvalue weighted by atomic mass is 10.2. The van der Waals surface area contributed by atoms with Gasteiger partial charge in [0.25, 0.3) is 0 Å². The van der Waals surface area contributed by atoms with Gasteiger partial charge in [-0.2, -0.15) is 5.21 Å². The average molecular weight is 372 g/mol. The van der Waals surface area contributed by atoms with Gasteiger partial charge in [-0.3, -0.25) is 4.98 Å². The number of nitrogens with zero attached hydrogens (tertiary/aromatic N) is 6. The van der Waals surface area contributed by atoms with Crippen LogP contribution in [0.4, 0.5) is 0 Å². The Balaban J connectivity index is 1.86. The van der Waals surface area contributed by atoms with Gasteiger partial charge in [-0.05, 0) is 41.1 Å². The van der Waals surface area contributed by atoms with E-state index in [-0.39, 0.29) is 0 Å². The molecule has 0 radical (unpaired) electrons. The molecule has 0 bridgehead atoms. The van der Waals surface area contributed by atoms with Crippen molar-refractivity contribution in [2.75, 3.05) is 0 Å². The number of rotatable bonds is 4. The summed E-state index contributed by atoms with van der Waals surface area (Å²) in [5, 5.41) is 15.4. The molecule has 3 aromatic heterocycles. The fourth-order valence-electron chi connectivity index (χ4n) is 2.54. The van der Waals surface area contributed by atoms with Crippen LogP contribution in [0.25, 0.3) is 22.9 Å². The largest absolute Gasteiger partial charge is 0.317 e. The number of pyridine rings is 1. The summed E-state index contributed by atoms with van der Waals surface area (Å²) in [6.07, 6.45) is 5.16. The molecule has 0 saturated heterocycles. The highest BCUT2D eigenvalue weighted by atomic mass is 35.5. The topological polar surface area (TPSA) is 85.2 Å². The van der Waals surface area contributed by atoms with E-state index in [1.807, 2.05) is 22.8 Å². The van der Waals surface area contributed by atoms with Crippen molar-refractivity contribution in [3.05, 3.63) is 64.5 Å². The summed E-state index contributed by atoms with van der Waals surface area (Å²) in [7, 11) is 0. The molecule has 0 aliphatic rings. The zero-order chi connectivity index (χ0) is 17.2. The number of imidazole rings is 1. The molecule has 0 aliphatic heterocycles. The molecular weight excluding hydrogens is 361 g/mol. The Bertz CT molecular complexity index is 997. The van der Waals surface area contributed by atoms with E-state index in [1.165, 1.54) is 0 Å². The van der Waals surface area contributed by atoms with Crippen molar-refractivity contribution in [3.8, 4) is 22.9 Å². The van der Waals surface area contributed by atoms with Crippen molar-refractivity contribution in [2.45, 2.75) is 6.54 Å². The first-order valence-electron chi connectivity index (χ1n) is 7.36. The molecule has 4 rings (SSSR count). The van der Waals surface area contributed by atoms with Gasteiger partial charge in [0.15, 0.2) is 0 Å². The highest BCUT2D eigenvalue weighted by Crippen LogP contribution is 2.28. The van der Waals surface area contributed by atoms with Crippen molar-refractivity contribution in [1.82, 2.24) is 35.2 Å². The molecule has 25 heavy (non-hydrogen) atoms. The van der Waals surface area contributed by atoms with E-state index in [2.05, 4.69) is 30.6 Å². The normalized spacial score (nSPS) is 11.0. The van der Waals surface area contributed by atoms with Crippen LogP contribution in [0.3, 0.4) is 0 Å². The summed E-state index contributed by atoms with van der Waals surface area (Å²) < 4.78 is 1.96. The number of hydrogen-bond acceptors (Lipinski definition) is 5. The smallest absolute Gasteiger partial charge is 0.222 e. The van der Waals surface area contributed by atoms with Crippen molar-refractivity contribution in [3.63, 3.8) is 0 Å². The monoisotopic (exact) mass is 371 g/mol. The summed E-state index contributed by atoms with van der Waals surface area (Å²) in [6.45, 7) is 0.452. The van der Waals surface area contributed by atoms with E-state index in [1.54, 1.807) is 30.7 Å². The van der Waals surface area contributed by atoms with Crippen LogP contribution < -0.4 is 0 Å². The molecule has 124 valence electrons. The Hall–Kier alpha value is -2.77. The third-order valence-electron chi connectivity index (χ3n) is 3.69. The Labute approximate surface area is 152 Å². The molecule has 0 fully saturated rings. The molecule has 0 amide bonds. The Morgan fingerprint density at radius 2 is 2.04 bits per heavy atom. The number of tetrazole rings is 1. The average Bonchev–Trinajstić information content (AvgIpc) is 3.28. The van der Waals surface area contributed by atoms with Crippen LogP contribution in [0.15, 0.2) is 48.9 Å². The number of benzene rings is 1. The quantitative estimate of drug-likeness (QED) is 0.593. The lowest BCUT2D eigenvalue weighted by Crippen LogP contribution is -2.05. The molecule has 0 aliphatic carbocycles. The predicted molar refractivity (Wildman–Crippen MR) is 94.2 cm³/mol.